The fourth-order valence-electron chi connectivity index (χ4n) is 3.61. The van der Waals surface area contributed by atoms with E-state index in [1.165, 1.54) is 31.4 Å². The molecule has 4 aromatic rings. The molecule has 0 spiro atoms. The van der Waals surface area contributed by atoms with Crippen molar-refractivity contribution in [3.8, 4) is 5.75 Å². The highest BCUT2D eigenvalue weighted by Crippen LogP contribution is 2.34. The van der Waals surface area contributed by atoms with Crippen molar-refractivity contribution in [2.45, 2.75) is 24.0 Å². The summed E-state index contributed by atoms with van der Waals surface area (Å²) in [6.07, 6.45) is -2.85. The van der Waals surface area contributed by atoms with Gasteiger partial charge < -0.3 is 9.72 Å². The number of benzene rings is 3. The van der Waals surface area contributed by atoms with Crippen molar-refractivity contribution >= 4 is 20.9 Å². The number of fused-ring (bicyclic) bond motifs is 1. The van der Waals surface area contributed by atoms with Crippen LogP contribution in [0.5, 0.6) is 5.75 Å². The summed E-state index contributed by atoms with van der Waals surface area (Å²) in [6, 6.07) is 15.1. The summed E-state index contributed by atoms with van der Waals surface area (Å²) in [5.74, 6) is 0.613. The Morgan fingerprint density at radius 2 is 1.64 bits per heavy atom. The number of aromatic nitrogens is 1. The number of halogens is 3. The van der Waals surface area contributed by atoms with Gasteiger partial charge in [0.2, 0.25) is 10.0 Å². The van der Waals surface area contributed by atoms with Gasteiger partial charge in [-0.25, -0.2) is 8.42 Å². The zero-order valence-corrected chi connectivity index (χ0v) is 18.6. The predicted octanol–water partition coefficient (Wildman–Crippen LogP) is 5.57. The van der Waals surface area contributed by atoms with Gasteiger partial charge in [0, 0.05) is 23.2 Å². The zero-order chi connectivity index (χ0) is 23.8. The van der Waals surface area contributed by atoms with Crippen LogP contribution < -0.4 is 9.46 Å². The number of aryl methyl sites for hydroxylation is 1. The minimum atomic E-state index is -4.49. The topological polar surface area (TPSA) is 71.2 Å². The third-order valence-corrected chi connectivity index (χ3v) is 6.85. The average molecular weight is 475 g/mol. The molecule has 0 aliphatic carbocycles. The highest BCUT2D eigenvalue weighted by atomic mass is 32.2. The third kappa shape index (κ3) is 4.74. The van der Waals surface area contributed by atoms with Gasteiger partial charge in [0.25, 0.3) is 0 Å². The van der Waals surface area contributed by atoms with Crippen LogP contribution >= 0.6 is 0 Å². The Hall–Kier alpha value is -3.30. The first kappa shape index (κ1) is 22.9. The van der Waals surface area contributed by atoms with Crippen LogP contribution in [-0.2, 0) is 16.2 Å². The van der Waals surface area contributed by atoms with Gasteiger partial charge in [-0.3, -0.25) is 0 Å². The van der Waals surface area contributed by atoms with Gasteiger partial charge in [-0.15, -0.1) is 0 Å². The van der Waals surface area contributed by atoms with Crippen molar-refractivity contribution < 1.29 is 26.3 Å². The average Bonchev–Trinajstić information content (AvgIpc) is 3.20. The van der Waals surface area contributed by atoms with Gasteiger partial charge in [0.05, 0.1) is 23.6 Å². The standard InChI is InChI=1S/C24H21F3N2O3S/c1-15-3-10-19(11-4-15)33(30,31)29-23(16-5-7-17(8-6-16)24(25,26)27)21-14-28-22-13-18(32-2)9-12-20(21)22/h3-14,23,28-29H,1-2H3. The number of rotatable bonds is 6. The molecule has 0 radical (unpaired) electrons. The normalized spacial score (nSPS) is 13.2. The Morgan fingerprint density at radius 1 is 0.970 bits per heavy atom. The van der Waals surface area contributed by atoms with E-state index in [-0.39, 0.29) is 4.90 Å². The Bertz CT molecular complexity index is 1380. The van der Waals surface area contributed by atoms with Crippen molar-refractivity contribution in [1.29, 1.82) is 0 Å². The second-order valence-corrected chi connectivity index (χ2v) is 9.36. The highest BCUT2D eigenvalue weighted by Gasteiger charge is 2.31. The maximum absolute atomic E-state index is 13.2. The van der Waals surface area contributed by atoms with Crippen LogP contribution in [-0.4, -0.2) is 20.5 Å². The largest absolute Gasteiger partial charge is 0.497 e. The second-order valence-electron chi connectivity index (χ2n) is 7.64. The van der Waals surface area contributed by atoms with E-state index in [4.69, 9.17) is 4.74 Å². The minimum absolute atomic E-state index is 0.0616. The number of methoxy groups -OCH3 is 1. The number of aromatic amines is 1. The van der Waals surface area contributed by atoms with Crippen LogP contribution in [0, 0.1) is 6.92 Å². The fraction of sp³-hybridized carbons (Fsp3) is 0.167. The number of nitrogens with one attached hydrogen (secondary N) is 2. The third-order valence-electron chi connectivity index (χ3n) is 5.41. The molecule has 1 heterocycles. The molecule has 172 valence electrons. The van der Waals surface area contributed by atoms with E-state index in [1.807, 2.05) is 6.92 Å². The maximum atomic E-state index is 13.2. The van der Waals surface area contributed by atoms with Crippen molar-refractivity contribution in [3.05, 3.63) is 95.2 Å². The van der Waals surface area contributed by atoms with Crippen LogP contribution in [0.2, 0.25) is 0 Å². The van der Waals surface area contributed by atoms with E-state index in [2.05, 4.69) is 9.71 Å². The molecule has 1 atom stereocenters. The van der Waals surface area contributed by atoms with E-state index in [0.29, 0.717) is 27.8 Å². The van der Waals surface area contributed by atoms with Crippen LogP contribution in [0.15, 0.2) is 77.8 Å². The molecule has 5 nitrogen and oxygen atoms in total. The van der Waals surface area contributed by atoms with Crippen LogP contribution in [0.1, 0.15) is 28.3 Å². The highest BCUT2D eigenvalue weighted by molar-refractivity contribution is 7.89. The van der Waals surface area contributed by atoms with Gasteiger partial charge in [-0.1, -0.05) is 29.8 Å². The molecule has 0 bridgehead atoms. The first-order valence-corrected chi connectivity index (χ1v) is 11.5. The second kappa shape index (κ2) is 8.57. The van der Waals surface area contributed by atoms with E-state index in [0.717, 1.165) is 17.7 Å². The summed E-state index contributed by atoms with van der Waals surface area (Å²) in [4.78, 5) is 3.15. The SMILES string of the molecule is COc1ccc2c(C(NS(=O)(=O)c3ccc(C)cc3)c3ccc(C(F)(F)F)cc3)c[nH]c2c1. The molecule has 4 rings (SSSR count). The van der Waals surface area contributed by atoms with Crippen LogP contribution in [0.25, 0.3) is 10.9 Å². The first-order chi connectivity index (χ1) is 15.6. The maximum Gasteiger partial charge on any atom is 0.416 e. The summed E-state index contributed by atoms with van der Waals surface area (Å²) in [5.41, 5.74) is 1.74. The fourth-order valence-corrected chi connectivity index (χ4v) is 4.81. The van der Waals surface area contributed by atoms with Crippen molar-refractivity contribution in [2.24, 2.45) is 0 Å². The molecular formula is C24H21F3N2O3S. The lowest BCUT2D eigenvalue weighted by atomic mass is 9.98. The Balaban J connectivity index is 1.81. The van der Waals surface area contributed by atoms with E-state index >= 15 is 0 Å². The number of ether oxygens (including phenoxy) is 1. The van der Waals surface area contributed by atoms with E-state index in [1.54, 1.807) is 36.5 Å². The minimum Gasteiger partial charge on any atom is -0.497 e. The van der Waals surface area contributed by atoms with Crippen molar-refractivity contribution in [2.75, 3.05) is 7.11 Å². The molecule has 0 aliphatic rings. The summed E-state index contributed by atoms with van der Waals surface area (Å²) in [6.45, 7) is 1.84. The lowest BCUT2D eigenvalue weighted by Gasteiger charge is -2.20. The molecule has 0 saturated heterocycles. The van der Waals surface area contributed by atoms with Gasteiger partial charge in [-0.05, 0) is 54.4 Å². The van der Waals surface area contributed by atoms with Gasteiger partial charge in [0.15, 0.2) is 0 Å². The molecule has 0 amide bonds. The quantitative estimate of drug-likeness (QED) is 0.384. The first-order valence-electron chi connectivity index (χ1n) is 10.00. The zero-order valence-electron chi connectivity index (χ0n) is 17.8. The van der Waals surface area contributed by atoms with Gasteiger partial charge >= 0.3 is 6.18 Å². The summed E-state index contributed by atoms with van der Waals surface area (Å²) in [7, 11) is -2.45. The van der Waals surface area contributed by atoms with Crippen LogP contribution in [0.4, 0.5) is 13.2 Å². The number of hydrogen-bond donors (Lipinski definition) is 2. The summed E-state index contributed by atoms with van der Waals surface area (Å²) < 4.78 is 73.4. The van der Waals surface area contributed by atoms with E-state index < -0.39 is 27.8 Å². The molecule has 1 aromatic heterocycles. The van der Waals surface area contributed by atoms with Gasteiger partial charge in [-0.2, -0.15) is 17.9 Å². The molecule has 2 N–H and O–H groups in total. The molecule has 33 heavy (non-hydrogen) atoms. The monoisotopic (exact) mass is 474 g/mol. The lowest BCUT2D eigenvalue weighted by molar-refractivity contribution is -0.137. The number of alkyl halides is 3. The smallest absolute Gasteiger partial charge is 0.416 e. The molecular weight excluding hydrogens is 453 g/mol. The predicted molar refractivity (Wildman–Crippen MR) is 120 cm³/mol. The summed E-state index contributed by atoms with van der Waals surface area (Å²) >= 11 is 0. The van der Waals surface area contributed by atoms with E-state index in [9.17, 15) is 21.6 Å². The van der Waals surface area contributed by atoms with Crippen molar-refractivity contribution in [3.63, 3.8) is 0 Å². The molecule has 1 unspecified atom stereocenters. The molecule has 0 aliphatic heterocycles. The molecule has 9 heteroatoms. The van der Waals surface area contributed by atoms with Crippen LogP contribution in [0.3, 0.4) is 0 Å². The Kier molecular flexibility index (Phi) is 5.94. The van der Waals surface area contributed by atoms with Crippen molar-refractivity contribution in [1.82, 2.24) is 9.71 Å². The van der Waals surface area contributed by atoms with Gasteiger partial charge in [0.1, 0.15) is 5.75 Å². The summed E-state index contributed by atoms with van der Waals surface area (Å²) in [5, 5.41) is 0.715. The molecule has 0 fully saturated rings. The Morgan fingerprint density at radius 3 is 2.24 bits per heavy atom. The molecule has 0 saturated carbocycles. The Labute approximate surface area is 189 Å². The number of hydrogen-bond acceptors (Lipinski definition) is 3. The number of H-pyrrole nitrogens is 1. The lowest BCUT2D eigenvalue weighted by Crippen LogP contribution is -2.29. The molecule has 3 aromatic carbocycles. The number of sulfonamides is 1.